The Bertz CT molecular complexity index is 325. The van der Waals surface area contributed by atoms with Crippen molar-refractivity contribution >= 4 is 12.0 Å². The van der Waals surface area contributed by atoms with Gasteiger partial charge in [-0.1, -0.05) is 0 Å². The fraction of sp³-hybridized carbons (Fsp3) is 0.833. The first kappa shape index (κ1) is 15.7. The van der Waals surface area contributed by atoms with Crippen molar-refractivity contribution in [2.45, 2.75) is 38.4 Å². The molecule has 0 saturated carbocycles. The van der Waals surface area contributed by atoms with E-state index < -0.39 is 12.0 Å². The molecule has 110 valence electrons. The Morgan fingerprint density at radius 2 is 1.84 bits per heavy atom. The van der Waals surface area contributed by atoms with Gasteiger partial charge in [0.15, 0.2) is 0 Å². The molecule has 2 amide bonds. The average molecular weight is 273 g/mol. The second-order valence-corrected chi connectivity index (χ2v) is 5.12. The van der Waals surface area contributed by atoms with Crippen LogP contribution in [0.2, 0.25) is 0 Å². The molecular formula is C12H23N3O4. The standard InChI is InChI=1S/C12H23N3O4/c1-8-6-15(7-9(2)14(8)3)12(19)13-10(4-5-16)11(17)18/h8-10,16H,4-7H2,1-3H3,(H,13,19)(H,17,18)/t8?,9?,10-/m0/s1. The molecule has 19 heavy (non-hydrogen) atoms. The lowest BCUT2D eigenvalue weighted by Gasteiger charge is -2.42. The van der Waals surface area contributed by atoms with Gasteiger partial charge in [-0.15, -0.1) is 0 Å². The number of aliphatic hydroxyl groups is 1. The second kappa shape index (κ2) is 6.72. The maximum absolute atomic E-state index is 12.0. The number of carbonyl (C=O) groups is 2. The van der Waals surface area contributed by atoms with E-state index in [9.17, 15) is 9.59 Å². The van der Waals surface area contributed by atoms with Gasteiger partial charge in [-0.25, -0.2) is 9.59 Å². The van der Waals surface area contributed by atoms with Crippen molar-refractivity contribution in [2.75, 3.05) is 26.7 Å². The highest BCUT2D eigenvalue weighted by molar-refractivity contribution is 5.82. The lowest BCUT2D eigenvalue weighted by atomic mass is 10.1. The number of piperazine rings is 1. The van der Waals surface area contributed by atoms with Gasteiger partial charge in [0.2, 0.25) is 0 Å². The first-order chi connectivity index (χ1) is 8.86. The van der Waals surface area contributed by atoms with Crippen LogP contribution in [0.4, 0.5) is 4.79 Å². The molecule has 1 saturated heterocycles. The van der Waals surface area contributed by atoms with Crippen LogP contribution in [0.25, 0.3) is 0 Å². The largest absolute Gasteiger partial charge is 0.480 e. The number of carboxylic acids is 1. The van der Waals surface area contributed by atoms with Gasteiger partial charge >= 0.3 is 12.0 Å². The molecule has 0 spiro atoms. The fourth-order valence-corrected chi connectivity index (χ4v) is 2.20. The summed E-state index contributed by atoms with van der Waals surface area (Å²) in [4.78, 5) is 26.8. The Hall–Kier alpha value is -1.34. The third-order valence-corrected chi connectivity index (χ3v) is 3.66. The third-order valence-electron chi connectivity index (χ3n) is 3.66. The summed E-state index contributed by atoms with van der Waals surface area (Å²) in [5.41, 5.74) is 0. The number of aliphatic hydroxyl groups excluding tert-OH is 1. The van der Waals surface area contributed by atoms with Crippen LogP contribution in [0.15, 0.2) is 0 Å². The molecule has 3 atom stereocenters. The highest BCUT2D eigenvalue weighted by atomic mass is 16.4. The molecule has 0 radical (unpaired) electrons. The molecule has 0 bridgehead atoms. The maximum atomic E-state index is 12.0. The fourth-order valence-electron chi connectivity index (χ4n) is 2.20. The van der Waals surface area contributed by atoms with E-state index in [-0.39, 0.29) is 31.1 Å². The topological polar surface area (TPSA) is 93.1 Å². The van der Waals surface area contributed by atoms with Crippen LogP contribution in [-0.4, -0.2) is 76.9 Å². The summed E-state index contributed by atoms with van der Waals surface area (Å²) in [5, 5.41) is 20.2. The van der Waals surface area contributed by atoms with Gasteiger partial charge in [0.1, 0.15) is 6.04 Å². The molecule has 0 aromatic carbocycles. The summed E-state index contributed by atoms with van der Waals surface area (Å²) in [7, 11) is 2.01. The molecule has 7 heteroatoms. The number of amides is 2. The van der Waals surface area contributed by atoms with E-state index in [2.05, 4.69) is 10.2 Å². The van der Waals surface area contributed by atoms with Gasteiger partial charge in [-0.2, -0.15) is 0 Å². The molecule has 2 unspecified atom stereocenters. The van der Waals surface area contributed by atoms with Crippen LogP contribution in [-0.2, 0) is 4.79 Å². The summed E-state index contributed by atoms with van der Waals surface area (Å²) >= 11 is 0. The Balaban J connectivity index is 2.60. The van der Waals surface area contributed by atoms with Gasteiger partial charge in [0.25, 0.3) is 0 Å². The molecule has 3 N–H and O–H groups in total. The molecule has 0 aliphatic carbocycles. The first-order valence-electron chi connectivity index (χ1n) is 6.47. The van der Waals surface area contributed by atoms with Gasteiger partial charge in [0, 0.05) is 38.2 Å². The smallest absolute Gasteiger partial charge is 0.326 e. The van der Waals surface area contributed by atoms with Gasteiger partial charge in [-0.05, 0) is 20.9 Å². The lowest BCUT2D eigenvalue weighted by molar-refractivity contribution is -0.139. The number of likely N-dealkylation sites (N-methyl/N-ethyl adjacent to an activating group) is 1. The van der Waals surface area contributed by atoms with E-state index in [1.54, 1.807) is 4.90 Å². The molecule has 0 aromatic rings. The second-order valence-electron chi connectivity index (χ2n) is 5.12. The number of hydrogen-bond donors (Lipinski definition) is 3. The summed E-state index contributed by atoms with van der Waals surface area (Å²) in [5.74, 6) is -1.13. The number of aliphatic carboxylic acids is 1. The molecule has 7 nitrogen and oxygen atoms in total. The lowest BCUT2D eigenvalue weighted by Crippen LogP contribution is -2.59. The van der Waals surface area contributed by atoms with Crippen molar-refractivity contribution in [3.63, 3.8) is 0 Å². The minimum atomic E-state index is -1.13. The summed E-state index contributed by atoms with van der Waals surface area (Å²) in [6.45, 7) is 4.92. The van der Waals surface area contributed by atoms with Crippen LogP contribution in [0.3, 0.4) is 0 Å². The molecule has 1 fully saturated rings. The van der Waals surface area contributed by atoms with E-state index in [1.165, 1.54) is 0 Å². The zero-order valence-electron chi connectivity index (χ0n) is 11.7. The van der Waals surface area contributed by atoms with E-state index >= 15 is 0 Å². The Kier molecular flexibility index (Phi) is 5.56. The van der Waals surface area contributed by atoms with Crippen LogP contribution in [0.5, 0.6) is 0 Å². The van der Waals surface area contributed by atoms with Gasteiger partial charge in [-0.3, -0.25) is 4.90 Å². The zero-order chi connectivity index (χ0) is 14.6. The van der Waals surface area contributed by atoms with Crippen molar-refractivity contribution in [1.29, 1.82) is 0 Å². The molecule has 1 aliphatic heterocycles. The molecule has 1 heterocycles. The highest BCUT2D eigenvalue weighted by Crippen LogP contribution is 2.13. The molecule has 1 rings (SSSR count). The van der Waals surface area contributed by atoms with E-state index in [0.717, 1.165) is 0 Å². The van der Waals surface area contributed by atoms with Crippen molar-refractivity contribution < 1.29 is 19.8 Å². The van der Waals surface area contributed by atoms with Crippen LogP contribution in [0, 0.1) is 0 Å². The average Bonchev–Trinajstić information content (AvgIpc) is 2.34. The molecular weight excluding hydrogens is 250 g/mol. The summed E-state index contributed by atoms with van der Waals surface area (Å²) < 4.78 is 0. The summed E-state index contributed by atoms with van der Waals surface area (Å²) in [6.07, 6.45) is 0.0138. The molecule has 0 aromatic heterocycles. The predicted octanol–water partition coefficient (Wildman–Crippen LogP) is -0.444. The van der Waals surface area contributed by atoms with Crippen LogP contribution in [0.1, 0.15) is 20.3 Å². The zero-order valence-corrected chi connectivity index (χ0v) is 11.7. The Morgan fingerprint density at radius 1 is 1.32 bits per heavy atom. The Labute approximate surface area is 113 Å². The third kappa shape index (κ3) is 4.07. The number of nitrogens with one attached hydrogen (secondary N) is 1. The van der Waals surface area contributed by atoms with Crippen molar-refractivity contribution in [2.24, 2.45) is 0 Å². The Morgan fingerprint density at radius 3 is 2.26 bits per heavy atom. The van der Waals surface area contributed by atoms with Crippen molar-refractivity contribution in [3.05, 3.63) is 0 Å². The number of rotatable bonds is 4. The normalized spacial score (nSPS) is 26.0. The minimum absolute atomic E-state index is 0.0138. The number of nitrogens with zero attached hydrogens (tertiary/aromatic N) is 2. The quantitative estimate of drug-likeness (QED) is 0.645. The van der Waals surface area contributed by atoms with E-state index in [4.69, 9.17) is 10.2 Å². The minimum Gasteiger partial charge on any atom is -0.480 e. The van der Waals surface area contributed by atoms with Crippen molar-refractivity contribution in [1.82, 2.24) is 15.1 Å². The van der Waals surface area contributed by atoms with Gasteiger partial charge < -0.3 is 20.4 Å². The van der Waals surface area contributed by atoms with Crippen molar-refractivity contribution in [3.8, 4) is 0 Å². The number of carboxylic acid groups (broad SMARTS) is 1. The first-order valence-corrected chi connectivity index (χ1v) is 6.47. The monoisotopic (exact) mass is 273 g/mol. The van der Waals surface area contributed by atoms with Crippen LogP contribution >= 0.6 is 0 Å². The number of hydrogen-bond acceptors (Lipinski definition) is 4. The number of carbonyl (C=O) groups excluding carboxylic acids is 1. The maximum Gasteiger partial charge on any atom is 0.326 e. The predicted molar refractivity (Wildman–Crippen MR) is 69.9 cm³/mol. The van der Waals surface area contributed by atoms with Crippen LogP contribution < -0.4 is 5.32 Å². The van der Waals surface area contributed by atoms with E-state index in [1.807, 2.05) is 20.9 Å². The van der Waals surface area contributed by atoms with E-state index in [0.29, 0.717) is 13.1 Å². The highest BCUT2D eigenvalue weighted by Gasteiger charge is 2.31. The summed E-state index contributed by atoms with van der Waals surface area (Å²) in [6, 6.07) is -0.957. The number of urea groups is 1. The SMILES string of the molecule is CC1CN(C(=O)N[C@@H](CCO)C(=O)O)CC(C)N1C. The van der Waals surface area contributed by atoms with Gasteiger partial charge in [0.05, 0.1) is 0 Å². The molecule has 1 aliphatic rings.